The molecule has 0 amide bonds. The van der Waals surface area contributed by atoms with Crippen molar-refractivity contribution < 1.29 is 13.9 Å². The van der Waals surface area contributed by atoms with Crippen molar-refractivity contribution in [2.75, 3.05) is 19.2 Å². The minimum atomic E-state index is -0.271. The van der Waals surface area contributed by atoms with Crippen LogP contribution in [0.15, 0.2) is 84.0 Å². The minimum absolute atomic E-state index is 0.0519. The number of benzene rings is 3. The molecule has 5 heteroatoms. The molecule has 0 saturated carbocycles. The van der Waals surface area contributed by atoms with Gasteiger partial charge in [0, 0.05) is 17.5 Å². The van der Waals surface area contributed by atoms with Crippen molar-refractivity contribution >= 4 is 17.5 Å². The van der Waals surface area contributed by atoms with Gasteiger partial charge in [0.2, 0.25) is 0 Å². The Labute approximate surface area is 175 Å². The van der Waals surface area contributed by atoms with E-state index in [1.54, 1.807) is 26.4 Å². The Kier molecular flexibility index (Phi) is 5.80. The first-order valence-corrected chi connectivity index (χ1v) is 9.76. The number of allylic oxidation sites excluding steroid dienone is 1. The van der Waals surface area contributed by atoms with Gasteiger partial charge in [-0.1, -0.05) is 36.4 Å². The fourth-order valence-corrected chi connectivity index (χ4v) is 3.64. The Hall–Kier alpha value is -3.60. The van der Waals surface area contributed by atoms with Crippen molar-refractivity contribution in [3.63, 3.8) is 0 Å². The van der Waals surface area contributed by atoms with E-state index in [4.69, 9.17) is 14.6 Å². The Morgan fingerprint density at radius 1 is 0.867 bits per heavy atom. The van der Waals surface area contributed by atoms with Crippen molar-refractivity contribution in [2.24, 2.45) is 5.10 Å². The van der Waals surface area contributed by atoms with E-state index in [1.807, 2.05) is 65.7 Å². The summed E-state index contributed by atoms with van der Waals surface area (Å²) in [5, 5.41) is 6.77. The zero-order chi connectivity index (χ0) is 20.9. The largest absolute Gasteiger partial charge is 0.496 e. The molecule has 4 nitrogen and oxygen atoms in total. The number of anilines is 1. The normalized spacial score (nSPS) is 16.0. The van der Waals surface area contributed by atoms with E-state index in [2.05, 4.69) is 0 Å². The van der Waals surface area contributed by atoms with E-state index in [0.29, 0.717) is 6.42 Å². The zero-order valence-corrected chi connectivity index (χ0v) is 17.0. The minimum Gasteiger partial charge on any atom is -0.496 e. The first-order chi connectivity index (χ1) is 14.7. The van der Waals surface area contributed by atoms with Gasteiger partial charge in [-0.15, -0.1) is 0 Å². The maximum Gasteiger partial charge on any atom is 0.126 e. The number of hydrogen-bond acceptors (Lipinski definition) is 4. The van der Waals surface area contributed by atoms with E-state index in [-0.39, 0.29) is 11.9 Å². The molecule has 0 aromatic heterocycles. The molecular weight excluding hydrogens is 379 g/mol. The zero-order valence-electron chi connectivity index (χ0n) is 17.0. The Bertz CT molecular complexity index is 1080. The second kappa shape index (κ2) is 8.82. The maximum atomic E-state index is 13.5. The highest BCUT2D eigenvalue weighted by Crippen LogP contribution is 2.39. The van der Waals surface area contributed by atoms with Gasteiger partial charge >= 0.3 is 0 Å². The first-order valence-electron chi connectivity index (χ1n) is 9.76. The van der Waals surface area contributed by atoms with E-state index in [0.717, 1.165) is 34.0 Å². The van der Waals surface area contributed by atoms with Crippen LogP contribution in [-0.4, -0.2) is 19.9 Å². The quantitative estimate of drug-likeness (QED) is 0.518. The Morgan fingerprint density at radius 3 is 2.27 bits per heavy atom. The second-order valence-electron chi connectivity index (χ2n) is 6.95. The number of rotatable bonds is 6. The smallest absolute Gasteiger partial charge is 0.126 e. The fraction of sp³-hybridized carbons (Fsp3) is 0.160. The molecule has 0 radical (unpaired) electrons. The molecule has 1 unspecified atom stereocenters. The summed E-state index contributed by atoms with van der Waals surface area (Å²) in [6, 6.07) is 22.1. The summed E-state index contributed by atoms with van der Waals surface area (Å²) in [4.78, 5) is 0. The first kappa shape index (κ1) is 19.7. The van der Waals surface area contributed by atoms with Gasteiger partial charge in [-0.3, -0.25) is 5.01 Å². The van der Waals surface area contributed by atoms with E-state index in [1.165, 1.54) is 12.1 Å². The van der Waals surface area contributed by atoms with Crippen LogP contribution >= 0.6 is 0 Å². The monoisotopic (exact) mass is 402 g/mol. The molecule has 30 heavy (non-hydrogen) atoms. The van der Waals surface area contributed by atoms with Crippen molar-refractivity contribution in [3.05, 3.63) is 95.8 Å². The maximum absolute atomic E-state index is 13.5. The molecule has 3 aromatic rings. The summed E-state index contributed by atoms with van der Waals surface area (Å²) in [6.45, 7) is 0. The third-order valence-corrected chi connectivity index (χ3v) is 5.12. The van der Waals surface area contributed by atoms with Crippen molar-refractivity contribution in [1.82, 2.24) is 0 Å². The van der Waals surface area contributed by atoms with Crippen molar-refractivity contribution in [1.29, 1.82) is 0 Å². The molecule has 1 atom stereocenters. The van der Waals surface area contributed by atoms with Gasteiger partial charge in [0.25, 0.3) is 0 Å². The van der Waals surface area contributed by atoms with E-state index >= 15 is 0 Å². The van der Waals surface area contributed by atoms with Gasteiger partial charge in [0.05, 0.1) is 31.7 Å². The fourth-order valence-electron chi connectivity index (χ4n) is 3.64. The van der Waals surface area contributed by atoms with Gasteiger partial charge in [0.1, 0.15) is 17.3 Å². The van der Waals surface area contributed by atoms with Gasteiger partial charge in [-0.2, -0.15) is 5.10 Å². The number of hydrogen-bond donors (Lipinski definition) is 0. The Balaban J connectivity index is 1.69. The summed E-state index contributed by atoms with van der Waals surface area (Å²) in [6.07, 6.45) is 4.71. The van der Waals surface area contributed by atoms with Crippen LogP contribution in [0.25, 0.3) is 6.08 Å². The molecule has 0 saturated heterocycles. The Morgan fingerprint density at radius 2 is 1.53 bits per heavy atom. The lowest BCUT2D eigenvalue weighted by Gasteiger charge is -2.25. The van der Waals surface area contributed by atoms with Gasteiger partial charge in [-0.05, 0) is 48.6 Å². The average Bonchev–Trinajstić information content (AvgIpc) is 3.22. The molecule has 0 fully saturated rings. The molecule has 1 aliphatic rings. The molecule has 0 spiro atoms. The summed E-state index contributed by atoms with van der Waals surface area (Å²) in [5.41, 5.74) is 3.76. The predicted molar refractivity (Wildman–Crippen MR) is 119 cm³/mol. The van der Waals surface area contributed by atoms with Crippen LogP contribution in [-0.2, 0) is 0 Å². The van der Waals surface area contributed by atoms with Crippen LogP contribution in [0, 0.1) is 5.82 Å². The highest BCUT2D eigenvalue weighted by atomic mass is 19.1. The lowest BCUT2D eigenvalue weighted by atomic mass is 9.99. The molecule has 1 aliphatic heterocycles. The molecule has 0 aliphatic carbocycles. The summed E-state index contributed by atoms with van der Waals surface area (Å²) in [7, 11) is 3.33. The summed E-state index contributed by atoms with van der Waals surface area (Å²) >= 11 is 0. The van der Waals surface area contributed by atoms with Crippen molar-refractivity contribution in [3.8, 4) is 11.5 Å². The third-order valence-electron chi connectivity index (χ3n) is 5.12. The summed E-state index contributed by atoms with van der Waals surface area (Å²) < 4.78 is 24.5. The van der Waals surface area contributed by atoms with E-state index < -0.39 is 0 Å². The summed E-state index contributed by atoms with van der Waals surface area (Å²) in [5.74, 6) is 1.34. The molecular formula is C25H23FN2O2. The van der Waals surface area contributed by atoms with Gasteiger partial charge in [-0.25, -0.2) is 4.39 Å². The number of methoxy groups -OCH3 is 2. The molecule has 0 bridgehead atoms. The number of hydrazone groups is 1. The molecule has 152 valence electrons. The van der Waals surface area contributed by atoms with Crippen LogP contribution in [0.2, 0.25) is 0 Å². The van der Waals surface area contributed by atoms with Crippen LogP contribution in [0.3, 0.4) is 0 Å². The van der Waals surface area contributed by atoms with Crippen molar-refractivity contribution in [2.45, 2.75) is 12.5 Å². The average molecular weight is 402 g/mol. The molecule has 4 rings (SSSR count). The molecule has 3 aromatic carbocycles. The highest BCUT2D eigenvalue weighted by molar-refractivity contribution is 6.01. The number of para-hydroxylation sites is 2. The number of halogens is 1. The highest BCUT2D eigenvalue weighted by Gasteiger charge is 2.30. The molecule has 0 N–H and O–H groups in total. The van der Waals surface area contributed by atoms with Gasteiger partial charge in [0.15, 0.2) is 0 Å². The topological polar surface area (TPSA) is 34.1 Å². The van der Waals surface area contributed by atoms with Crippen LogP contribution < -0.4 is 14.5 Å². The second-order valence-corrected chi connectivity index (χ2v) is 6.95. The standard InChI is InChI=1S/C25H23FN2O2/c1-29-24-9-5-3-7-18(24)11-14-20-17-23(22-8-4-6-10-25(22)30-2)28(27-20)21-15-12-19(26)13-16-21/h3-16,23H,17H2,1-2H3/b14-11+. The van der Waals surface area contributed by atoms with Crippen LogP contribution in [0.1, 0.15) is 23.6 Å². The van der Waals surface area contributed by atoms with Crippen LogP contribution in [0.5, 0.6) is 11.5 Å². The van der Waals surface area contributed by atoms with E-state index in [9.17, 15) is 4.39 Å². The van der Waals surface area contributed by atoms with Gasteiger partial charge < -0.3 is 9.47 Å². The van der Waals surface area contributed by atoms with Crippen LogP contribution in [0.4, 0.5) is 10.1 Å². The predicted octanol–water partition coefficient (Wildman–Crippen LogP) is 5.86. The number of nitrogens with zero attached hydrogens (tertiary/aromatic N) is 2. The number of ether oxygens (including phenoxy) is 2. The SMILES string of the molecule is COc1ccccc1/C=C/C1=NN(c2ccc(F)cc2)C(c2ccccc2OC)C1. The lowest BCUT2D eigenvalue weighted by Crippen LogP contribution is -2.19. The molecule has 1 heterocycles. The third kappa shape index (κ3) is 4.06. The lowest BCUT2D eigenvalue weighted by molar-refractivity contribution is 0.405.